The van der Waals surface area contributed by atoms with E-state index < -0.39 is 19.1 Å². The van der Waals surface area contributed by atoms with Gasteiger partial charge in [0.15, 0.2) is 0 Å². The number of hydrogen-bond acceptors (Lipinski definition) is 2. The number of benzene rings is 1. The molecule has 2 rings (SSSR count). The van der Waals surface area contributed by atoms with Gasteiger partial charge in [-0.2, -0.15) is 0 Å². The summed E-state index contributed by atoms with van der Waals surface area (Å²) in [4.78, 5) is 0. The van der Waals surface area contributed by atoms with Crippen LogP contribution in [0.4, 0.5) is 8.78 Å². The molecule has 1 aromatic carbocycles. The van der Waals surface area contributed by atoms with Crippen molar-refractivity contribution in [3.63, 3.8) is 0 Å². The Kier molecular flexibility index (Phi) is 3.87. The van der Waals surface area contributed by atoms with Crippen molar-refractivity contribution < 1.29 is 13.9 Å². The van der Waals surface area contributed by atoms with Gasteiger partial charge in [-0.05, 0) is 35.1 Å². The van der Waals surface area contributed by atoms with Gasteiger partial charge in [-0.25, -0.2) is 8.78 Å². The van der Waals surface area contributed by atoms with Crippen molar-refractivity contribution in [2.24, 2.45) is 5.41 Å². The zero-order valence-electron chi connectivity index (χ0n) is 11.0. The van der Waals surface area contributed by atoms with Crippen LogP contribution in [0.1, 0.15) is 31.0 Å². The molecule has 1 unspecified atom stereocenters. The highest BCUT2D eigenvalue weighted by Crippen LogP contribution is 2.46. The zero-order valence-corrected chi connectivity index (χ0v) is 11.8. The number of hydrogen-bond donors (Lipinski definition) is 2. The predicted molar refractivity (Wildman–Crippen MR) is 71.7 cm³/mol. The first-order valence-electron chi connectivity index (χ1n) is 6.26. The van der Waals surface area contributed by atoms with Gasteiger partial charge in [-0.15, -0.1) is 0 Å². The molecule has 0 aliphatic heterocycles. The molecule has 2 nitrogen and oxygen atoms in total. The molecule has 1 aromatic rings. The number of aliphatic hydroxyl groups excluding tert-OH is 1. The third kappa shape index (κ3) is 3.07. The van der Waals surface area contributed by atoms with E-state index in [0.29, 0.717) is 5.02 Å². The highest BCUT2D eigenvalue weighted by molar-refractivity contribution is 6.30. The summed E-state index contributed by atoms with van der Waals surface area (Å²) >= 11 is 5.98. The summed E-state index contributed by atoms with van der Waals surface area (Å²) < 4.78 is 26.3. The molecule has 0 spiro atoms. The van der Waals surface area contributed by atoms with Crippen molar-refractivity contribution in [3.05, 3.63) is 34.3 Å². The molecule has 5 heteroatoms. The molecule has 1 aliphatic rings. The van der Waals surface area contributed by atoms with Gasteiger partial charge >= 0.3 is 0 Å². The Morgan fingerprint density at radius 3 is 2.79 bits per heavy atom. The molecule has 19 heavy (non-hydrogen) atoms. The van der Waals surface area contributed by atoms with E-state index in [1.807, 2.05) is 32.0 Å². The maximum absolute atomic E-state index is 13.2. The van der Waals surface area contributed by atoms with Crippen molar-refractivity contribution >= 4 is 11.6 Å². The fraction of sp³-hybridized carbons (Fsp3) is 0.571. The SMILES string of the molecule is CC1(C)Cc2ccc(Cl)cc2C1NCC(F)(F)CO. The van der Waals surface area contributed by atoms with Crippen LogP contribution in [0, 0.1) is 5.41 Å². The first-order chi connectivity index (χ1) is 8.75. The van der Waals surface area contributed by atoms with Crippen molar-refractivity contribution in [2.75, 3.05) is 13.2 Å². The van der Waals surface area contributed by atoms with Crippen LogP contribution in [-0.4, -0.2) is 24.2 Å². The minimum absolute atomic E-state index is 0.154. The first kappa shape index (κ1) is 14.7. The Morgan fingerprint density at radius 2 is 2.16 bits per heavy atom. The number of fused-ring (bicyclic) bond motifs is 1. The van der Waals surface area contributed by atoms with E-state index in [-0.39, 0.29) is 11.5 Å². The maximum atomic E-state index is 13.2. The first-order valence-corrected chi connectivity index (χ1v) is 6.63. The molecule has 0 saturated carbocycles. The largest absolute Gasteiger partial charge is 0.390 e. The summed E-state index contributed by atoms with van der Waals surface area (Å²) in [5, 5.41) is 12.1. The van der Waals surface area contributed by atoms with Gasteiger partial charge in [0.1, 0.15) is 6.61 Å². The van der Waals surface area contributed by atoms with E-state index in [1.165, 1.54) is 0 Å². The van der Waals surface area contributed by atoms with Gasteiger partial charge in [-0.3, -0.25) is 0 Å². The monoisotopic (exact) mass is 289 g/mol. The normalized spacial score (nSPS) is 21.5. The number of alkyl halides is 2. The van der Waals surface area contributed by atoms with Crippen LogP contribution in [0.15, 0.2) is 18.2 Å². The standard InChI is InChI=1S/C14H18ClF2NO/c1-13(2)6-9-3-4-10(15)5-11(9)12(13)18-7-14(16,17)8-19/h3-5,12,18-19H,6-8H2,1-2H3. The minimum Gasteiger partial charge on any atom is -0.390 e. The molecular weight excluding hydrogens is 272 g/mol. The lowest BCUT2D eigenvalue weighted by Crippen LogP contribution is -2.41. The molecule has 0 amide bonds. The second-order valence-electron chi connectivity index (χ2n) is 5.84. The molecule has 0 aromatic heterocycles. The summed E-state index contributed by atoms with van der Waals surface area (Å²) in [7, 11) is 0. The summed E-state index contributed by atoms with van der Waals surface area (Å²) in [5.41, 5.74) is 1.96. The van der Waals surface area contributed by atoms with Crippen LogP contribution in [0.3, 0.4) is 0 Å². The lowest BCUT2D eigenvalue weighted by Gasteiger charge is -2.30. The molecule has 0 heterocycles. The molecule has 1 aliphatic carbocycles. The number of aliphatic hydroxyl groups is 1. The summed E-state index contributed by atoms with van der Waals surface area (Å²) in [6.45, 7) is 2.39. The third-order valence-electron chi connectivity index (χ3n) is 3.64. The van der Waals surface area contributed by atoms with Crippen LogP contribution in [0.5, 0.6) is 0 Å². The summed E-state index contributed by atoms with van der Waals surface area (Å²) in [5.74, 6) is -3.10. The Labute approximate surface area is 116 Å². The Bertz CT molecular complexity index is 477. The molecule has 1 atom stereocenters. The van der Waals surface area contributed by atoms with E-state index in [2.05, 4.69) is 5.32 Å². The summed E-state index contributed by atoms with van der Waals surface area (Å²) in [6, 6.07) is 5.42. The number of nitrogens with one attached hydrogen (secondary N) is 1. The zero-order chi connectivity index (χ0) is 14.3. The quantitative estimate of drug-likeness (QED) is 0.892. The van der Waals surface area contributed by atoms with Crippen molar-refractivity contribution in [2.45, 2.75) is 32.2 Å². The summed E-state index contributed by atoms with van der Waals surface area (Å²) in [6.07, 6.45) is 0.821. The number of rotatable bonds is 4. The van der Waals surface area contributed by atoms with Gasteiger partial charge in [0.25, 0.3) is 5.92 Å². The van der Waals surface area contributed by atoms with Crippen molar-refractivity contribution in [1.82, 2.24) is 5.32 Å². The van der Waals surface area contributed by atoms with Crippen LogP contribution in [0.2, 0.25) is 5.02 Å². The van der Waals surface area contributed by atoms with Crippen LogP contribution in [-0.2, 0) is 6.42 Å². The smallest absolute Gasteiger partial charge is 0.282 e. The van der Waals surface area contributed by atoms with Gasteiger partial charge < -0.3 is 10.4 Å². The highest BCUT2D eigenvalue weighted by atomic mass is 35.5. The van der Waals surface area contributed by atoms with Crippen LogP contribution in [0.25, 0.3) is 0 Å². The van der Waals surface area contributed by atoms with Crippen molar-refractivity contribution in [1.29, 1.82) is 0 Å². The lowest BCUT2D eigenvalue weighted by molar-refractivity contribution is -0.0514. The molecule has 106 valence electrons. The van der Waals surface area contributed by atoms with Gasteiger partial charge in [0.05, 0.1) is 6.54 Å². The molecule has 0 saturated heterocycles. The number of halogens is 3. The average Bonchev–Trinajstić information content (AvgIpc) is 2.56. The van der Waals surface area contributed by atoms with Gasteiger partial charge in [-0.1, -0.05) is 31.5 Å². The average molecular weight is 290 g/mol. The van der Waals surface area contributed by atoms with E-state index in [0.717, 1.165) is 17.5 Å². The van der Waals surface area contributed by atoms with Crippen LogP contribution >= 0.6 is 11.6 Å². The topological polar surface area (TPSA) is 32.3 Å². The second-order valence-corrected chi connectivity index (χ2v) is 6.27. The van der Waals surface area contributed by atoms with E-state index in [1.54, 1.807) is 0 Å². The Morgan fingerprint density at radius 1 is 1.47 bits per heavy atom. The van der Waals surface area contributed by atoms with E-state index in [4.69, 9.17) is 16.7 Å². The minimum atomic E-state index is -3.10. The molecule has 2 N–H and O–H groups in total. The van der Waals surface area contributed by atoms with Gasteiger partial charge in [0.2, 0.25) is 0 Å². The van der Waals surface area contributed by atoms with Crippen LogP contribution < -0.4 is 5.32 Å². The molecule has 0 fully saturated rings. The predicted octanol–water partition coefficient (Wildman–Crippen LogP) is 3.18. The van der Waals surface area contributed by atoms with Gasteiger partial charge in [0, 0.05) is 11.1 Å². The van der Waals surface area contributed by atoms with E-state index >= 15 is 0 Å². The molecule has 0 bridgehead atoms. The molecule has 0 radical (unpaired) electrons. The Hall–Kier alpha value is -0.710. The maximum Gasteiger partial charge on any atom is 0.282 e. The lowest BCUT2D eigenvalue weighted by atomic mass is 9.85. The second kappa shape index (κ2) is 5.00. The Balaban J connectivity index is 2.22. The third-order valence-corrected chi connectivity index (χ3v) is 3.88. The highest BCUT2D eigenvalue weighted by Gasteiger charge is 2.40. The van der Waals surface area contributed by atoms with E-state index in [9.17, 15) is 8.78 Å². The fourth-order valence-corrected chi connectivity index (χ4v) is 2.88. The fourth-order valence-electron chi connectivity index (χ4n) is 2.70. The van der Waals surface area contributed by atoms with Crippen molar-refractivity contribution in [3.8, 4) is 0 Å². The molecular formula is C14H18ClF2NO.